The van der Waals surface area contributed by atoms with Crippen LogP contribution in [-0.4, -0.2) is 32.8 Å². The molecule has 19 heavy (non-hydrogen) atoms. The van der Waals surface area contributed by atoms with Crippen molar-refractivity contribution in [1.82, 2.24) is 10.0 Å². The first-order valence-electron chi connectivity index (χ1n) is 7.77. The van der Waals surface area contributed by atoms with Gasteiger partial charge in [0.1, 0.15) is 0 Å². The summed E-state index contributed by atoms with van der Waals surface area (Å²) < 4.78 is 27.4. The second-order valence-corrected chi connectivity index (χ2v) is 8.62. The van der Waals surface area contributed by atoms with E-state index in [9.17, 15) is 8.42 Å². The minimum absolute atomic E-state index is 0.113. The van der Waals surface area contributed by atoms with Gasteiger partial charge in [-0.25, -0.2) is 13.1 Å². The minimum Gasteiger partial charge on any atom is -0.313 e. The van der Waals surface area contributed by atoms with Gasteiger partial charge in [-0.1, -0.05) is 6.42 Å². The molecule has 3 rings (SSSR count). The molecule has 0 spiro atoms. The van der Waals surface area contributed by atoms with Crippen LogP contribution in [0.3, 0.4) is 0 Å². The molecule has 1 saturated heterocycles. The third-order valence-electron chi connectivity index (χ3n) is 5.38. The summed E-state index contributed by atoms with van der Waals surface area (Å²) in [5, 5.41) is 3.26. The van der Waals surface area contributed by atoms with Crippen LogP contribution in [0.1, 0.15) is 45.4 Å². The summed E-state index contributed by atoms with van der Waals surface area (Å²) in [6.45, 7) is 3.02. The zero-order chi connectivity index (χ0) is 13.5. The molecule has 0 amide bonds. The minimum atomic E-state index is -3.13. The Morgan fingerprint density at radius 1 is 1.26 bits per heavy atom. The summed E-state index contributed by atoms with van der Waals surface area (Å²) in [4.78, 5) is 0. The molecule has 1 aliphatic heterocycles. The fraction of sp³-hybridized carbons (Fsp3) is 1.00. The Morgan fingerprint density at radius 3 is 2.68 bits per heavy atom. The van der Waals surface area contributed by atoms with Gasteiger partial charge in [-0.3, -0.25) is 0 Å². The Labute approximate surface area is 116 Å². The summed E-state index contributed by atoms with van der Waals surface area (Å²) in [7, 11) is -3.13. The number of hydrogen-bond acceptors (Lipinski definition) is 3. The summed E-state index contributed by atoms with van der Waals surface area (Å²) >= 11 is 0. The first kappa shape index (κ1) is 13.8. The highest BCUT2D eigenvalue weighted by Crippen LogP contribution is 2.49. The van der Waals surface area contributed by atoms with Crippen molar-refractivity contribution >= 4 is 10.0 Å². The lowest BCUT2D eigenvalue weighted by Crippen LogP contribution is -2.44. The Morgan fingerprint density at radius 2 is 2.11 bits per heavy atom. The number of rotatable bonds is 5. The van der Waals surface area contributed by atoms with Gasteiger partial charge in [-0.2, -0.15) is 0 Å². The van der Waals surface area contributed by atoms with Crippen LogP contribution < -0.4 is 10.0 Å². The average Bonchev–Trinajstić information content (AvgIpc) is 3.02. The van der Waals surface area contributed by atoms with Gasteiger partial charge in [0.2, 0.25) is 10.0 Å². The van der Waals surface area contributed by atoms with Gasteiger partial charge in [0.05, 0.1) is 5.75 Å². The molecule has 0 radical (unpaired) electrons. The highest BCUT2D eigenvalue weighted by Gasteiger charge is 2.42. The first-order valence-corrected chi connectivity index (χ1v) is 9.42. The number of sulfonamides is 1. The van der Waals surface area contributed by atoms with Crippen molar-refractivity contribution in [1.29, 1.82) is 0 Å². The Hall–Kier alpha value is -0.130. The fourth-order valence-corrected chi connectivity index (χ4v) is 6.14. The van der Waals surface area contributed by atoms with E-state index in [1.54, 1.807) is 0 Å². The van der Waals surface area contributed by atoms with E-state index in [1.165, 1.54) is 25.7 Å². The van der Waals surface area contributed by atoms with Crippen LogP contribution >= 0.6 is 0 Å². The molecule has 0 aromatic carbocycles. The molecule has 3 aliphatic rings. The van der Waals surface area contributed by atoms with Crippen LogP contribution in [0.2, 0.25) is 0 Å². The molecular formula is C14H26N2O2S. The molecule has 1 heterocycles. The van der Waals surface area contributed by atoms with Gasteiger partial charge < -0.3 is 5.32 Å². The molecule has 5 atom stereocenters. The summed E-state index contributed by atoms with van der Waals surface area (Å²) in [5.74, 6) is 2.47. The molecule has 0 aromatic heterocycles. The molecule has 3 fully saturated rings. The van der Waals surface area contributed by atoms with Crippen LogP contribution in [0.25, 0.3) is 0 Å². The maximum atomic E-state index is 12.2. The Balaban J connectivity index is 1.54. The van der Waals surface area contributed by atoms with Gasteiger partial charge in [-0.15, -0.1) is 0 Å². The van der Waals surface area contributed by atoms with Crippen molar-refractivity contribution in [2.45, 2.75) is 57.5 Å². The van der Waals surface area contributed by atoms with Crippen molar-refractivity contribution in [3.05, 3.63) is 0 Å². The van der Waals surface area contributed by atoms with Crippen LogP contribution in [0, 0.1) is 17.8 Å². The third-order valence-corrected chi connectivity index (χ3v) is 6.96. The van der Waals surface area contributed by atoms with Gasteiger partial charge in [0.25, 0.3) is 0 Å². The van der Waals surface area contributed by atoms with E-state index in [0.717, 1.165) is 31.2 Å². The lowest BCUT2D eigenvalue weighted by molar-refractivity contribution is 0.280. The van der Waals surface area contributed by atoms with E-state index in [0.29, 0.717) is 5.92 Å². The molecule has 2 aliphatic carbocycles. The van der Waals surface area contributed by atoms with Crippen LogP contribution in [0.5, 0.6) is 0 Å². The van der Waals surface area contributed by atoms with Gasteiger partial charge in [-0.05, 0) is 63.3 Å². The predicted octanol–water partition coefficient (Wildman–Crippen LogP) is 1.48. The average molecular weight is 286 g/mol. The monoisotopic (exact) mass is 286 g/mol. The number of nitrogens with one attached hydrogen (secondary N) is 2. The zero-order valence-corrected chi connectivity index (χ0v) is 12.6. The molecule has 4 nitrogen and oxygen atoms in total. The van der Waals surface area contributed by atoms with Crippen LogP contribution in [0.4, 0.5) is 0 Å². The SMILES string of the molecule is CC(NS(=O)(=O)CC1CCCN1)C1CC2CCC1C2. The lowest BCUT2D eigenvalue weighted by atomic mass is 9.84. The highest BCUT2D eigenvalue weighted by atomic mass is 32.2. The van der Waals surface area contributed by atoms with Crippen molar-refractivity contribution in [2.75, 3.05) is 12.3 Å². The van der Waals surface area contributed by atoms with Gasteiger partial charge in [0.15, 0.2) is 0 Å². The number of hydrogen-bond donors (Lipinski definition) is 2. The van der Waals surface area contributed by atoms with Crippen molar-refractivity contribution in [2.24, 2.45) is 17.8 Å². The van der Waals surface area contributed by atoms with Crippen LogP contribution in [0.15, 0.2) is 0 Å². The van der Waals surface area contributed by atoms with Crippen molar-refractivity contribution in [3.63, 3.8) is 0 Å². The first-order chi connectivity index (χ1) is 9.03. The van der Waals surface area contributed by atoms with Gasteiger partial charge >= 0.3 is 0 Å². The Kier molecular flexibility index (Phi) is 3.89. The van der Waals surface area contributed by atoms with Crippen LogP contribution in [-0.2, 0) is 10.0 Å². The molecule has 2 bridgehead atoms. The molecule has 5 heteroatoms. The van der Waals surface area contributed by atoms with E-state index in [4.69, 9.17) is 0 Å². The predicted molar refractivity (Wildman–Crippen MR) is 76.3 cm³/mol. The van der Waals surface area contributed by atoms with E-state index in [-0.39, 0.29) is 17.8 Å². The molecule has 2 saturated carbocycles. The van der Waals surface area contributed by atoms with Crippen molar-refractivity contribution in [3.8, 4) is 0 Å². The lowest BCUT2D eigenvalue weighted by Gasteiger charge is -2.28. The molecular weight excluding hydrogens is 260 g/mol. The highest BCUT2D eigenvalue weighted by molar-refractivity contribution is 7.89. The van der Waals surface area contributed by atoms with Crippen molar-refractivity contribution < 1.29 is 8.42 Å². The molecule has 110 valence electrons. The summed E-state index contributed by atoms with van der Waals surface area (Å²) in [6, 6.07) is 0.270. The van der Waals surface area contributed by atoms with E-state index in [2.05, 4.69) is 17.0 Å². The smallest absolute Gasteiger partial charge is 0.213 e. The molecule has 5 unspecified atom stereocenters. The quantitative estimate of drug-likeness (QED) is 0.805. The standard InChI is InChI=1S/C14H26N2O2S/c1-10(14-8-11-4-5-12(14)7-11)16-19(17,18)9-13-3-2-6-15-13/h10-16H,2-9H2,1H3. The van der Waals surface area contributed by atoms with Gasteiger partial charge in [0, 0.05) is 12.1 Å². The third kappa shape index (κ3) is 3.14. The second-order valence-electron chi connectivity index (χ2n) is 6.82. The van der Waals surface area contributed by atoms with E-state index in [1.807, 2.05) is 0 Å². The maximum Gasteiger partial charge on any atom is 0.213 e. The zero-order valence-electron chi connectivity index (χ0n) is 11.8. The number of fused-ring (bicyclic) bond motifs is 2. The summed E-state index contributed by atoms with van der Waals surface area (Å²) in [5.41, 5.74) is 0. The van der Waals surface area contributed by atoms with E-state index >= 15 is 0 Å². The summed E-state index contributed by atoms with van der Waals surface area (Å²) in [6.07, 6.45) is 7.33. The van der Waals surface area contributed by atoms with E-state index < -0.39 is 10.0 Å². The topological polar surface area (TPSA) is 58.2 Å². The fourth-order valence-electron chi connectivity index (χ4n) is 4.49. The second kappa shape index (κ2) is 5.34. The maximum absolute atomic E-state index is 12.2. The largest absolute Gasteiger partial charge is 0.313 e. The Bertz CT molecular complexity index is 417. The normalized spacial score (nSPS) is 39.8. The molecule has 2 N–H and O–H groups in total. The molecule has 0 aromatic rings.